The average molecular weight is 290 g/mol. The molecule has 3 nitrogen and oxygen atoms in total. The Hall–Kier alpha value is -1.35. The van der Waals surface area contributed by atoms with Crippen LogP contribution in [0.2, 0.25) is 0 Å². The molecule has 3 heteroatoms. The van der Waals surface area contributed by atoms with E-state index >= 15 is 0 Å². The molecular formula is C18H30N2O. The molecule has 0 radical (unpaired) electrons. The standard InChI is InChI=1S/C18H30N2O/c1-5-6-12-16(15-10-8-7-9-11-15)19-14-13-17(21)20-18(2,3)4/h7-11,16,19H,5-6,12-14H2,1-4H3,(H,20,21). The zero-order valence-corrected chi connectivity index (χ0v) is 13.9. The van der Waals surface area contributed by atoms with Gasteiger partial charge in [-0.25, -0.2) is 0 Å². The van der Waals surface area contributed by atoms with Gasteiger partial charge in [-0.3, -0.25) is 4.79 Å². The van der Waals surface area contributed by atoms with E-state index < -0.39 is 0 Å². The van der Waals surface area contributed by atoms with Crippen molar-refractivity contribution in [1.29, 1.82) is 0 Å². The maximum Gasteiger partial charge on any atom is 0.221 e. The fraction of sp³-hybridized carbons (Fsp3) is 0.611. The molecule has 0 aliphatic rings. The van der Waals surface area contributed by atoms with E-state index in [1.54, 1.807) is 0 Å². The molecule has 0 saturated heterocycles. The third-order valence-electron chi connectivity index (χ3n) is 3.31. The Morgan fingerprint density at radius 1 is 1.19 bits per heavy atom. The van der Waals surface area contributed by atoms with E-state index in [0.29, 0.717) is 19.0 Å². The van der Waals surface area contributed by atoms with Gasteiger partial charge in [0.25, 0.3) is 0 Å². The first-order valence-corrected chi connectivity index (χ1v) is 8.01. The van der Waals surface area contributed by atoms with Crippen molar-refractivity contribution in [2.24, 2.45) is 0 Å². The zero-order valence-electron chi connectivity index (χ0n) is 13.9. The predicted molar refractivity (Wildman–Crippen MR) is 89.2 cm³/mol. The lowest BCUT2D eigenvalue weighted by Crippen LogP contribution is -2.41. The first kappa shape index (κ1) is 17.7. The molecular weight excluding hydrogens is 260 g/mol. The summed E-state index contributed by atoms with van der Waals surface area (Å²) in [6, 6.07) is 10.8. The normalized spacial score (nSPS) is 13.0. The molecule has 0 spiro atoms. The summed E-state index contributed by atoms with van der Waals surface area (Å²) in [5, 5.41) is 6.52. The lowest BCUT2D eigenvalue weighted by molar-refractivity contribution is -0.122. The molecule has 0 aromatic heterocycles. The van der Waals surface area contributed by atoms with Crippen molar-refractivity contribution in [3.63, 3.8) is 0 Å². The minimum absolute atomic E-state index is 0.109. The summed E-state index contributed by atoms with van der Waals surface area (Å²) in [4.78, 5) is 11.8. The van der Waals surface area contributed by atoms with E-state index in [-0.39, 0.29) is 11.4 Å². The molecule has 1 rings (SSSR count). The van der Waals surface area contributed by atoms with Crippen LogP contribution in [-0.2, 0) is 4.79 Å². The van der Waals surface area contributed by atoms with Crippen molar-refractivity contribution >= 4 is 5.91 Å². The highest BCUT2D eigenvalue weighted by molar-refractivity contribution is 5.76. The Kier molecular flexibility index (Phi) is 7.44. The second kappa shape index (κ2) is 8.83. The topological polar surface area (TPSA) is 41.1 Å². The van der Waals surface area contributed by atoms with Crippen LogP contribution >= 0.6 is 0 Å². The van der Waals surface area contributed by atoms with E-state index in [2.05, 4.69) is 41.8 Å². The van der Waals surface area contributed by atoms with E-state index in [1.807, 2.05) is 26.8 Å². The van der Waals surface area contributed by atoms with Gasteiger partial charge in [0, 0.05) is 24.5 Å². The lowest BCUT2D eigenvalue weighted by atomic mass is 10.0. The van der Waals surface area contributed by atoms with Gasteiger partial charge in [-0.15, -0.1) is 0 Å². The number of hydrogen-bond donors (Lipinski definition) is 2. The van der Waals surface area contributed by atoms with E-state index in [0.717, 1.165) is 6.42 Å². The molecule has 1 aromatic rings. The number of carbonyl (C=O) groups excluding carboxylic acids is 1. The Labute approximate surface area is 129 Å². The van der Waals surface area contributed by atoms with Crippen LogP contribution in [0.15, 0.2) is 30.3 Å². The summed E-state index contributed by atoms with van der Waals surface area (Å²) in [5.74, 6) is 0.109. The molecule has 2 N–H and O–H groups in total. The molecule has 1 unspecified atom stereocenters. The van der Waals surface area contributed by atoms with Crippen molar-refractivity contribution < 1.29 is 4.79 Å². The highest BCUT2D eigenvalue weighted by Crippen LogP contribution is 2.19. The first-order chi connectivity index (χ1) is 9.92. The number of nitrogens with one attached hydrogen (secondary N) is 2. The molecule has 21 heavy (non-hydrogen) atoms. The quantitative estimate of drug-likeness (QED) is 0.764. The fourth-order valence-corrected chi connectivity index (χ4v) is 2.32. The average Bonchev–Trinajstić information content (AvgIpc) is 2.41. The monoisotopic (exact) mass is 290 g/mol. The lowest BCUT2D eigenvalue weighted by Gasteiger charge is -2.22. The van der Waals surface area contributed by atoms with Crippen LogP contribution in [0, 0.1) is 0 Å². The van der Waals surface area contributed by atoms with Crippen LogP contribution in [0.4, 0.5) is 0 Å². The summed E-state index contributed by atoms with van der Waals surface area (Å²) in [5.41, 5.74) is 1.15. The molecule has 0 aliphatic heterocycles. The Morgan fingerprint density at radius 3 is 2.43 bits per heavy atom. The van der Waals surface area contributed by atoms with Crippen LogP contribution < -0.4 is 10.6 Å². The van der Waals surface area contributed by atoms with Crippen LogP contribution in [0.1, 0.15) is 65.0 Å². The Bertz CT molecular complexity index is 409. The highest BCUT2D eigenvalue weighted by atomic mass is 16.1. The van der Waals surface area contributed by atoms with E-state index in [1.165, 1.54) is 18.4 Å². The van der Waals surface area contributed by atoms with Gasteiger partial charge in [0.2, 0.25) is 5.91 Å². The zero-order chi connectivity index (χ0) is 15.7. The third-order valence-corrected chi connectivity index (χ3v) is 3.31. The molecule has 0 saturated carbocycles. The van der Waals surface area contributed by atoms with Crippen molar-refractivity contribution in [2.75, 3.05) is 6.54 Å². The molecule has 0 fully saturated rings. The van der Waals surface area contributed by atoms with Gasteiger partial charge in [-0.2, -0.15) is 0 Å². The van der Waals surface area contributed by atoms with Gasteiger partial charge in [0.15, 0.2) is 0 Å². The fourth-order valence-electron chi connectivity index (χ4n) is 2.32. The van der Waals surface area contributed by atoms with Crippen molar-refractivity contribution in [1.82, 2.24) is 10.6 Å². The van der Waals surface area contributed by atoms with E-state index in [4.69, 9.17) is 0 Å². The third kappa shape index (κ3) is 7.86. The number of rotatable bonds is 8. The van der Waals surface area contributed by atoms with Crippen LogP contribution in [0.3, 0.4) is 0 Å². The summed E-state index contributed by atoms with van der Waals surface area (Å²) >= 11 is 0. The van der Waals surface area contributed by atoms with Crippen molar-refractivity contribution in [3.8, 4) is 0 Å². The summed E-state index contributed by atoms with van der Waals surface area (Å²) in [6.07, 6.45) is 4.02. The first-order valence-electron chi connectivity index (χ1n) is 8.01. The van der Waals surface area contributed by atoms with E-state index in [9.17, 15) is 4.79 Å². The molecule has 1 aromatic carbocycles. The highest BCUT2D eigenvalue weighted by Gasteiger charge is 2.14. The van der Waals surface area contributed by atoms with Gasteiger partial charge < -0.3 is 10.6 Å². The predicted octanol–water partition coefficient (Wildman–Crippen LogP) is 3.81. The van der Waals surface area contributed by atoms with Crippen LogP contribution in [0.5, 0.6) is 0 Å². The smallest absolute Gasteiger partial charge is 0.221 e. The minimum atomic E-state index is -0.155. The van der Waals surface area contributed by atoms with Gasteiger partial charge in [-0.1, -0.05) is 50.1 Å². The largest absolute Gasteiger partial charge is 0.351 e. The second-order valence-electron chi connectivity index (χ2n) is 6.61. The summed E-state index contributed by atoms with van der Waals surface area (Å²) in [6.45, 7) is 8.94. The van der Waals surface area contributed by atoms with Gasteiger partial charge in [0.05, 0.1) is 0 Å². The number of benzene rings is 1. The number of unbranched alkanes of at least 4 members (excludes halogenated alkanes) is 1. The summed E-state index contributed by atoms with van der Waals surface area (Å²) < 4.78 is 0. The van der Waals surface area contributed by atoms with Crippen LogP contribution in [-0.4, -0.2) is 18.0 Å². The Balaban J connectivity index is 2.45. The number of amides is 1. The number of carbonyl (C=O) groups is 1. The van der Waals surface area contributed by atoms with Gasteiger partial charge >= 0.3 is 0 Å². The maximum atomic E-state index is 11.8. The number of hydrogen-bond acceptors (Lipinski definition) is 2. The SMILES string of the molecule is CCCCC(NCCC(=O)NC(C)(C)C)c1ccccc1. The molecule has 0 aliphatic carbocycles. The van der Waals surface area contributed by atoms with Crippen LogP contribution in [0.25, 0.3) is 0 Å². The van der Waals surface area contributed by atoms with Gasteiger partial charge in [0.1, 0.15) is 0 Å². The Morgan fingerprint density at radius 2 is 1.86 bits per heavy atom. The summed E-state index contributed by atoms with van der Waals surface area (Å²) in [7, 11) is 0. The van der Waals surface area contributed by atoms with Gasteiger partial charge in [-0.05, 0) is 32.8 Å². The second-order valence-corrected chi connectivity index (χ2v) is 6.61. The molecule has 118 valence electrons. The molecule has 0 heterocycles. The maximum absolute atomic E-state index is 11.8. The van der Waals surface area contributed by atoms with Crippen molar-refractivity contribution in [2.45, 2.75) is 65.0 Å². The minimum Gasteiger partial charge on any atom is -0.351 e. The van der Waals surface area contributed by atoms with Crippen molar-refractivity contribution in [3.05, 3.63) is 35.9 Å². The molecule has 1 atom stereocenters. The molecule has 0 bridgehead atoms. The molecule has 1 amide bonds.